The number of hydrogen-bond donors (Lipinski definition) is 2. The minimum absolute atomic E-state index is 0.166. The molecule has 0 aliphatic rings. The van der Waals surface area contributed by atoms with Crippen molar-refractivity contribution in [3.63, 3.8) is 0 Å². The van der Waals surface area contributed by atoms with Gasteiger partial charge in [0.2, 0.25) is 0 Å². The van der Waals surface area contributed by atoms with E-state index < -0.39 is 20.0 Å². The quantitative estimate of drug-likeness (QED) is 0.161. The Labute approximate surface area is 280 Å². The fraction of sp³-hybridized carbons (Fsp3) is 0. The molecular formula is C36H28N2O4S2Se2. The fourth-order valence-electron chi connectivity index (χ4n) is 4.60. The molecule has 0 saturated carbocycles. The number of anilines is 2. The summed E-state index contributed by atoms with van der Waals surface area (Å²) in [6, 6.07) is 48.3. The molecule has 0 heterocycles. The van der Waals surface area contributed by atoms with E-state index in [0.29, 0.717) is 11.4 Å². The van der Waals surface area contributed by atoms with E-state index in [1.54, 1.807) is 48.5 Å². The van der Waals surface area contributed by atoms with Crippen LogP contribution in [0, 0.1) is 0 Å². The summed E-state index contributed by atoms with van der Waals surface area (Å²) >= 11 is 0.332. The first-order chi connectivity index (χ1) is 22.2. The van der Waals surface area contributed by atoms with Crippen LogP contribution in [0.5, 0.6) is 0 Å². The van der Waals surface area contributed by atoms with Gasteiger partial charge in [0.05, 0.1) is 0 Å². The normalized spacial score (nSPS) is 11.6. The van der Waals surface area contributed by atoms with Crippen LogP contribution >= 0.6 is 0 Å². The summed E-state index contributed by atoms with van der Waals surface area (Å²) in [7, 11) is -7.44. The molecular weight excluding hydrogens is 746 g/mol. The van der Waals surface area contributed by atoms with Crippen LogP contribution < -0.4 is 18.4 Å². The summed E-state index contributed by atoms with van der Waals surface area (Å²) in [5, 5.41) is 0. The zero-order valence-electron chi connectivity index (χ0n) is 24.3. The van der Waals surface area contributed by atoms with Gasteiger partial charge < -0.3 is 0 Å². The Balaban J connectivity index is 1.02. The molecule has 0 fully saturated rings. The number of hydrogen-bond acceptors (Lipinski definition) is 4. The third-order valence-electron chi connectivity index (χ3n) is 6.99. The summed E-state index contributed by atoms with van der Waals surface area (Å²) in [6.45, 7) is 0. The molecule has 0 saturated heterocycles. The molecule has 6 aromatic rings. The molecule has 0 spiro atoms. The van der Waals surface area contributed by atoms with Gasteiger partial charge in [0, 0.05) is 0 Å². The Kier molecular flexibility index (Phi) is 9.75. The predicted molar refractivity (Wildman–Crippen MR) is 189 cm³/mol. The molecule has 0 bridgehead atoms. The number of nitrogens with one attached hydrogen (secondary N) is 2. The van der Waals surface area contributed by atoms with Crippen molar-refractivity contribution in [2.24, 2.45) is 0 Å². The van der Waals surface area contributed by atoms with Crippen LogP contribution in [-0.2, 0) is 20.0 Å². The van der Waals surface area contributed by atoms with Crippen LogP contribution in [-0.4, -0.2) is 43.1 Å². The standard InChI is InChI=1S/C36H28N2O4S2Se2/c39-43(40,33-19-11-29(12-20-33)27-7-3-1-4-8-27)37-31-15-23-35(24-16-31)45-46-36-25-17-32(18-26-36)38-44(41,42)34-21-13-30(14-22-34)28-9-5-2-6-10-28/h1-26,37-38H. The summed E-state index contributed by atoms with van der Waals surface area (Å²) in [5.74, 6) is 0. The van der Waals surface area contributed by atoms with Crippen molar-refractivity contribution in [2.45, 2.75) is 9.79 Å². The summed E-state index contributed by atoms with van der Waals surface area (Å²) in [5.41, 5.74) is 4.97. The van der Waals surface area contributed by atoms with Crippen molar-refractivity contribution in [3.05, 3.63) is 158 Å². The van der Waals surface area contributed by atoms with Gasteiger partial charge in [-0.2, -0.15) is 0 Å². The third-order valence-corrected chi connectivity index (χ3v) is 17.0. The van der Waals surface area contributed by atoms with E-state index in [1.807, 2.05) is 109 Å². The number of sulfonamides is 2. The van der Waals surface area contributed by atoms with E-state index in [9.17, 15) is 16.8 Å². The van der Waals surface area contributed by atoms with Crippen LogP contribution in [0.25, 0.3) is 22.3 Å². The topological polar surface area (TPSA) is 92.3 Å². The van der Waals surface area contributed by atoms with Gasteiger partial charge in [-0.05, 0) is 0 Å². The maximum absolute atomic E-state index is 13.0. The van der Waals surface area contributed by atoms with E-state index in [2.05, 4.69) is 9.44 Å². The number of rotatable bonds is 11. The molecule has 0 amide bonds. The van der Waals surface area contributed by atoms with Crippen molar-refractivity contribution in [1.82, 2.24) is 0 Å². The second-order valence-electron chi connectivity index (χ2n) is 10.2. The zero-order valence-corrected chi connectivity index (χ0v) is 29.3. The summed E-state index contributed by atoms with van der Waals surface area (Å²) < 4.78 is 59.5. The van der Waals surface area contributed by atoms with Gasteiger partial charge in [-0.3, -0.25) is 0 Å². The molecule has 0 radical (unpaired) electrons. The average Bonchev–Trinajstić information content (AvgIpc) is 3.09. The number of benzene rings is 6. The van der Waals surface area contributed by atoms with Gasteiger partial charge in [0.1, 0.15) is 0 Å². The van der Waals surface area contributed by atoms with E-state index >= 15 is 0 Å². The molecule has 6 aromatic carbocycles. The van der Waals surface area contributed by atoms with Gasteiger partial charge >= 0.3 is 246 Å². The van der Waals surface area contributed by atoms with Gasteiger partial charge in [-0.25, -0.2) is 0 Å². The molecule has 0 atom stereocenters. The monoisotopic (exact) mass is 776 g/mol. The average molecular weight is 775 g/mol. The van der Waals surface area contributed by atoms with E-state index in [0.717, 1.165) is 31.2 Å². The van der Waals surface area contributed by atoms with E-state index in [-0.39, 0.29) is 36.1 Å². The first-order valence-electron chi connectivity index (χ1n) is 14.2. The van der Waals surface area contributed by atoms with E-state index in [1.165, 1.54) is 0 Å². The summed E-state index contributed by atoms with van der Waals surface area (Å²) in [4.78, 5) is 0.408. The maximum atomic E-state index is 13.0. The van der Waals surface area contributed by atoms with E-state index in [4.69, 9.17) is 0 Å². The van der Waals surface area contributed by atoms with Crippen molar-refractivity contribution >= 4 is 66.6 Å². The molecule has 0 aromatic heterocycles. The molecule has 0 unspecified atom stereocenters. The third kappa shape index (κ3) is 7.98. The summed E-state index contributed by atoms with van der Waals surface area (Å²) in [6.07, 6.45) is 0. The van der Waals surface area contributed by atoms with Crippen molar-refractivity contribution in [3.8, 4) is 22.3 Å². The van der Waals surface area contributed by atoms with Crippen LogP contribution in [0.15, 0.2) is 168 Å². The van der Waals surface area contributed by atoms with Crippen molar-refractivity contribution < 1.29 is 16.8 Å². The Morgan fingerprint density at radius 3 is 0.978 bits per heavy atom. The van der Waals surface area contributed by atoms with Gasteiger partial charge in [-0.1, -0.05) is 36.4 Å². The van der Waals surface area contributed by atoms with Crippen molar-refractivity contribution in [1.29, 1.82) is 0 Å². The Bertz CT molecular complexity index is 1970. The zero-order chi connectivity index (χ0) is 32.0. The molecule has 6 nitrogen and oxygen atoms in total. The fourth-order valence-corrected chi connectivity index (χ4v) is 12.7. The Morgan fingerprint density at radius 2 is 0.652 bits per heavy atom. The molecule has 0 aliphatic carbocycles. The minimum atomic E-state index is -3.72. The molecule has 2 N–H and O–H groups in total. The SMILES string of the molecule is O=S(=O)(Nc1ccc([Se][Se]c2ccc(NS(=O)(=O)c3ccc(-c4ccccc4)cc3)cc2)cc1)c1ccc(-c2ccccc2)cc1. The van der Waals surface area contributed by atoms with Crippen molar-refractivity contribution in [2.75, 3.05) is 9.44 Å². The van der Waals surface area contributed by atoms with Gasteiger partial charge in [-0.15, -0.1) is 0 Å². The Morgan fingerprint density at radius 1 is 0.348 bits per heavy atom. The van der Waals surface area contributed by atoms with Gasteiger partial charge in [0.25, 0.3) is 0 Å². The molecule has 0 aliphatic heterocycles. The first kappa shape index (κ1) is 31.8. The first-order valence-corrected chi connectivity index (χ1v) is 23.2. The second kappa shape index (κ2) is 14.1. The van der Waals surface area contributed by atoms with Crippen LogP contribution in [0.1, 0.15) is 0 Å². The Hall–Kier alpha value is -4.14. The molecule has 10 heteroatoms. The van der Waals surface area contributed by atoms with Crippen LogP contribution in [0.4, 0.5) is 11.4 Å². The predicted octanol–water partition coefficient (Wildman–Crippen LogP) is 5.90. The molecule has 46 heavy (non-hydrogen) atoms. The van der Waals surface area contributed by atoms with Gasteiger partial charge in [0.15, 0.2) is 0 Å². The molecule has 230 valence electrons. The second-order valence-corrected chi connectivity index (χ2v) is 19.9. The molecule has 6 rings (SSSR count). The van der Waals surface area contributed by atoms with Crippen LogP contribution in [0.3, 0.4) is 0 Å². The van der Waals surface area contributed by atoms with Crippen LogP contribution in [0.2, 0.25) is 0 Å².